The highest BCUT2D eigenvalue weighted by Crippen LogP contribution is 2.29. The summed E-state index contributed by atoms with van der Waals surface area (Å²) < 4.78 is 0. The Morgan fingerprint density at radius 3 is 2.18 bits per heavy atom. The maximum Gasteiger partial charge on any atom is 0.246 e. The second-order valence-electron chi connectivity index (χ2n) is 4.64. The zero-order chi connectivity index (χ0) is 13.1. The summed E-state index contributed by atoms with van der Waals surface area (Å²) in [5.74, 6) is 0.0973. The maximum absolute atomic E-state index is 12.3. The molecule has 0 saturated carbocycles. The number of hydrogen-bond donors (Lipinski definition) is 1. The Balaban J connectivity index is 3.04. The zero-order valence-electron chi connectivity index (χ0n) is 11.4. The van der Waals surface area contributed by atoms with Crippen molar-refractivity contribution in [3.8, 4) is 0 Å². The first kappa shape index (κ1) is 14.0. The highest BCUT2D eigenvalue weighted by Gasteiger charge is 2.49. The number of nitrogens with one attached hydrogen (secondary N) is 1. The molecule has 1 aliphatic rings. The van der Waals surface area contributed by atoms with Gasteiger partial charge in [-0.2, -0.15) is 0 Å². The SMILES string of the molecule is CCCC1NC(=O)C(CC)(CC)N(CC)C1=O. The highest BCUT2D eigenvalue weighted by atomic mass is 16.2. The fraction of sp³-hybridized carbons (Fsp3) is 0.846. The third kappa shape index (κ3) is 2.17. The Morgan fingerprint density at radius 1 is 1.18 bits per heavy atom. The monoisotopic (exact) mass is 240 g/mol. The molecule has 1 unspecified atom stereocenters. The van der Waals surface area contributed by atoms with Gasteiger partial charge in [-0.25, -0.2) is 0 Å². The van der Waals surface area contributed by atoms with Crippen LogP contribution in [0.4, 0.5) is 0 Å². The van der Waals surface area contributed by atoms with Crippen LogP contribution in [0.3, 0.4) is 0 Å². The minimum Gasteiger partial charge on any atom is -0.342 e. The summed E-state index contributed by atoms with van der Waals surface area (Å²) in [5, 5.41) is 2.89. The molecule has 0 spiro atoms. The molecule has 0 aromatic carbocycles. The summed E-state index contributed by atoms with van der Waals surface area (Å²) in [6.45, 7) is 8.52. The van der Waals surface area contributed by atoms with Gasteiger partial charge in [0.25, 0.3) is 0 Å². The van der Waals surface area contributed by atoms with E-state index in [1.807, 2.05) is 27.7 Å². The number of likely N-dealkylation sites (N-methyl/N-ethyl adjacent to an activating group) is 1. The third-order valence-electron chi connectivity index (χ3n) is 3.87. The van der Waals surface area contributed by atoms with Gasteiger partial charge in [0.2, 0.25) is 11.8 Å². The number of nitrogens with zero attached hydrogens (tertiary/aromatic N) is 1. The minimum absolute atomic E-state index is 0.0161. The number of hydrogen-bond acceptors (Lipinski definition) is 2. The second kappa shape index (κ2) is 5.52. The maximum atomic E-state index is 12.3. The molecule has 0 radical (unpaired) electrons. The lowest BCUT2D eigenvalue weighted by molar-refractivity contribution is -0.158. The number of amides is 2. The number of rotatable bonds is 5. The first-order chi connectivity index (χ1) is 8.07. The Bertz CT molecular complexity index is 298. The van der Waals surface area contributed by atoms with E-state index in [9.17, 15) is 9.59 Å². The van der Waals surface area contributed by atoms with Crippen molar-refractivity contribution < 1.29 is 9.59 Å². The smallest absolute Gasteiger partial charge is 0.246 e. The molecule has 1 fully saturated rings. The van der Waals surface area contributed by atoms with Crippen molar-refractivity contribution in [3.05, 3.63) is 0 Å². The van der Waals surface area contributed by atoms with E-state index in [1.54, 1.807) is 4.90 Å². The van der Waals surface area contributed by atoms with E-state index in [4.69, 9.17) is 0 Å². The molecule has 1 aliphatic heterocycles. The quantitative estimate of drug-likeness (QED) is 0.795. The Hall–Kier alpha value is -1.06. The molecule has 0 aliphatic carbocycles. The first-order valence-electron chi connectivity index (χ1n) is 6.69. The van der Waals surface area contributed by atoms with Crippen molar-refractivity contribution in [2.24, 2.45) is 0 Å². The Labute approximate surface area is 104 Å². The van der Waals surface area contributed by atoms with E-state index in [0.717, 1.165) is 12.8 Å². The van der Waals surface area contributed by atoms with Crippen LogP contribution >= 0.6 is 0 Å². The Morgan fingerprint density at radius 2 is 1.76 bits per heavy atom. The van der Waals surface area contributed by atoms with Gasteiger partial charge >= 0.3 is 0 Å². The summed E-state index contributed by atoms with van der Waals surface area (Å²) in [6, 6.07) is -0.321. The lowest BCUT2D eigenvalue weighted by atomic mass is 9.85. The molecule has 17 heavy (non-hydrogen) atoms. The van der Waals surface area contributed by atoms with Gasteiger partial charge in [0.1, 0.15) is 11.6 Å². The van der Waals surface area contributed by atoms with E-state index in [2.05, 4.69) is 5.32 Å². The van der Waals surface area contributed by atoms with Crippen LogP contribution in [0.1, 0.15) is 53.4 Å². The van der Waals surface area contributed by atoms with Crippen molar-refractivity contribution in [1.29, 1.82) is 0 Å². The van der Waals surface area contributed by atoms with E-state index >= 15 is 0 Å². The molecule has 0 aromatic rings. The fourth-order valence-corrected chi connectivity index (χ4v) is 2.77. The molecule has 0 bridgehead atoms. The van der Waals surface area contributed by atoms with Crippen molar-refractivity contribution >= 4 is 11.8 Å². The molecule has 98 valence electrons. The second-order valence-corrected chi connectivity index (χ2v) is 4.64. The molecule has 2 amide bonds. The topological polar surface area (TPSA) is 49.4 Å². The average Bonchev–Trinajstić information content (AvgIpc) is 2.33. The zero-order valence-corrected chi connectivity index (χ0v) is 11.4. The third-order valence-corrected chi connectivity index (χ3v) is 3.87. The number of piperazine rings is 1. The van der Waals surface area contributed by atoms with E-state index in [-0.39, 0.29) is 17.9 Å². The molecule has 1 rings (SSSR count). The van der Waals surface area contributed by atoms with Crippen LogP contribution in [0.5, 0.6) is 0 Å². The van der Waals surface area contributed by atoms with Crippen LogP contribution in [0, 0.1) is 0 Å². The molecule has 1 saturated heterocycles. The fourth-order valence-electron chi connectivity index (χ4n) is 2.77. The van der Waals surface area contributed by atoms with Crippen LogP contribution in [-0.4, -0.2) is 34.8 Å². The van der Waals surface area contributed by atoms with Gasteiger partial charge in [-0.15, -0.1) is 0 Å². The molecule has 1 atom stereocenters. The lowest BCUT2D eigenvalue weighted by Gasteiger charge is -2.47. The van der Waals surface area contributed by atoms with E-state index in [0.29, 0.717) is 19.4 Å². The summed E-state index contributed by atoms with van der Waals surface area (Å²) in [5.41, 5.74) is -0.629. The van der Waals surface area contributed by atoms with Gasteiger partial charge in [0, 0.05) is 6.54 Å². The summed E-state index contributed by atoms with van der Waals surface area (Å²) >= 11 is 0. The van der Waals surface area contributed by atoms with Crippen molar-refractivity contribution in [1.82, 2.24) is 10.2 Å². The largest absolute Gasteiger partial charge is 0.342 e. The molecule has 4 heteroatoms. The predicted octanol–water partition coefficient (Wildman–Crippen LogP) is 1.69. The van der Waals surface area contributed by atoms with Gasteiger partial charge in [-0.05, 0) is 26.2 Å². The van der Waals surface area contributed by atoms with Crippen LogP contribution in [0.15, 0.2) is 0 Å². The van der Waals surface area contributed by atoms with Crippen molar-refractivity contribution in [2.45, 2.75) is 65.0 Å². The highest BCUT2D eigenvalue weighted by molar-refractivity contribution is 5.99. The standard InChI is InChI=1S/C13H24N2O2/c1-5-9-10-11(16)15(8-4)13(6-2,7-3)12(17)14-10/h10H,5-9H2,1-4H3,(H,14,17). The van der Waals surface area contributed by atoms with Gasteiger partial charge in [0.05, 0.1) is 0 Å². The van der Waals surface area contributed by atoms with Crippen LogP contribution in [0.25, 0.3) is 0 Å². The first-order valence-corrected chi connectivity index (χ1v) is 6.69. The van der Waals surface area contributed by atoms with E-state index in [1.165, 1.54) is 0 Å². The summed E-state index contributed by atoms with van der Waals surface area (Å²) in [7, 11) is 0. The molecule has 1 heterocycles. The molecular formula is C13H24N2O2. The van der Waals surface area contributed by atoms with Crippen LogP contribution in [0.2, 0.25) is 0 Å². The van der Waals surface area contributed by atoms with Gasteiger partial charge in [-0.1, -0.05) is 27.2 Å². The average molecular weight is 240 g/mol. The van der Waals surface area contributed by atoms with Crippen molar-refractivity contribution in [2.75, 3.05) is 6.54 Å². The molecular weight excluding hydrogens is 216 g/mol. The number of carbonyl (C=O) groups excluding carboxylic acids is 2. The van der Waals surface area contributed by atoms with Crippen LogP contribution in [-0.2, 0) is 9.59 Å². The summed E-state index contributed by atoms with van der Waals surface area (Å²) in [6.07, 6.45) is 2.98. The lowest BCUT2D eigenvalue weighted by Crippen LogP contribution is -2.70. The van der Waals surface area contributed by atoms with Crippen molar-refractivity contribution in [3.63, 3.8) is 0 Å². The Kier molecular flexibility index (Phi) is 4.54. The number of carbonyl (C=O) groups is 2. The van der Waals surface area contributed by atoms with Gasteiger partial charge in [-0.3, -0.25) is 9.59 Å². The molecule has 1 N–H and O–H groups in total. The van der Waals surface area contributed by atoms with Gasteiger partial charge in [0.15, 0.2) is 0 Å². The van der Waals surface area contributed by atoms with Gasteiger partial charge < -0.3 is 10.2 Å². The predicted molar refractivity (Wildman–Crippen MR) is 67.5 cm³/mol. The minimum atomic E-state index is -0.629. The van der Waals surface area contributed by atoms with Crippen LogP contribution < -0.4 is 5.32 Å². The molecule has 0 aromatic heterocycles. The molecule has 4 nitrogen and oxygen atoms in total. The summed E-state index contributed by atoms with van der Waals surface area (Å²) in [4.78, 5) is 26.4. The normalized spacial score (nSPS) is 23.8. The van der Waals surface area contributed by atoms with E-state index < -0.39 is 5.54 Å².